The third-order valence-electron chi connectivity index (χ3n) is 2.28. The lowest BCUT2D eigenvalue weighted by Crippen LogP contribution is -2.21. The normalized spacial score (nSPS) is 13.6. The fraction of sp³-hybridized carbons (Fsp3) is 0.455. The van der Waals surface area contributed by atoms with Gasteiger partial charge in [0.25, 0.3) is 0 Å². The number of hydrogen-bond donors (Lipinski definition) is 1. The van der Waals surface area contributed by atoms with Crippen molar-refractivity contribution in [3.05, 3.63) is 29.8 Å². The van der Waals surface area contributed by atoms with Gasteiger partial charge in [0.15, 0.2) is 0 Å². The highest BCUT2D eigenvalue weighted by molar-refractivity contribution is 5.85. The molecule has 0 bridgehead atoms. The first-order valence-electron chi connectivity index (χ1n) is 5.25. The largest absolute Gasteiger partial charge is 0.573 e. The summed E-state index contributed by atoms with van der Waals surface area (Å²) in [5.74, 6) is -0.579. The molecule has 0 aromatic heterocycles. The molecule has 116 valence electrons. The first kappa shape index (κ1) is 18.9. The van der Waals surface area contributed by atoms with Crippen molar-refractivity contribution < 1.29 is 31.1 Å². The molecule has 0 fully saturated rings. The highest BCUT2D eigenvalue weighted by Crippen LogP contribution is 2.33. The number of alkyl halides is 6. The highest BCUT2D eigenvalue weighted by Gasteiger charge is 2.33. The summed E-state index contributed by atoms with van der Waals surface area (Å²) in [6.45, 7) is 0. The van der Waals surface area contributed by atoms with Crippen molar-refractivity contribution in [3.8, 4) is 5.75 Å². The van der Waals surface area contributed by atoms with E-state index in [9.17, 15) is 26.3 Å². The smallest absolute Gasteiger partial charge is 0.405 e. The van der Waals surface area contributed by atoms with Gasteiger partial charge in [-0.1, -0.05) is 18.2 Å². The van der Waals surface area contributed by atoms with Crippen LogP contribution in [0.25, 0.3) is 0 Å². The number of halogens is 7. The number of nitrogens with two attached hydrogens (primary N) is 1. The Labute approximate surface area is 117 Å². The van der Waals surface area contributed by atoms with Crippen LogP contribution in [0.2, 0.25) is 0 Å². The Kier molecular flexibility index (Phi) is 6.63. The van der Waals surface area contributed by atoms with E-state index in [1.54, 1.807) is 0 Å². The minimum absolute atomic E-state index is 0. The molecule has 1 aromatic rings. The second-order valence-electron chi connectivity index (χ2n) is 3.85. The van der Waals surface area contributed by atoms with Crippen LogP contribution >= 0.6 is 12.4 Å². The molecule has 1 atom stereocenters. The second-order valence-corrected chi connectivity index (χ2v) is 3.85. The Morgan fingerprint density at radius 3 is 2.10 bits per heavy atom. The number of para-hydroxylation sites is 1. The predicted octanol–water partition coefficient (Wildman–Crippen LogP) is 4.35. The van der Waals surface area contributed by atoms with Crippen LogP contribution in [0.15, 0.2) is 24.3 Å². The van der Waals surface area contributed by atoms with Gasteiger partial charge in [0.2, 0.25) is 0 Å². The maximum Gasteiger partial charge on any atom is 0.573 e. The van der Waals surface area contributed by atoms with Crippen molar-refractivity contribution in [2.24, 2.45) is 5.73 Å². The van der Waals surface area contributed by atoms with Gasteiger partial charge in [-0.05, 0) is 12.5 Å². The van der Waals surface area contributed by atoms with Crippen LogP contribution in [0.1, 0.15) is 24.4 Å². The van der Waals surface area contributed by atoms with Gasteiger partial charge < -0.3 is 10.5 Å². The van der Waals surface area contributed by atoms with Crippen LogP contribution in [-0.4, -0.2) is 12.5 Å². The SMILES string of the molecule is Cl.N[C@H](CCC(F)(F)F)c1ccccc1OC(F)(F)F. The summed E-state index contributed by atoms with van der Waals surface area (Å²) in [4.78, 5) is 0. The molecule has 0 aliphatic carbocycles. The van der Waals surface area contributed by atoms with Gasteiger partial charge in [0.05, 0.1) is 0 Å². The van der Waals surface area contributed by atoms with Crippen molar-refractivity contribution in [2.45, 2.75) is 31.4 Å². The number of hydrogen-bond acceptors (Lipinski definition) is 2. The van der Waals surface area contributed by atoms with Crippen LogP contribution in [0.3, 0.4) is 0 Å². The van der Waals surface area contributed by atoms with Gasteiger partial charge in [0, 0.05) is 18.0 Å². The van der Waals surface area contributed by atoms with Gasteiger partial charge >= 0.3 is 12.5 Å². The maximum absolute atomic E-state index is 12.1. The molecule has 0 saturated heterocycles. The lowest BCUT2D eigenvalue weighted by atomic mass is 10.0. The molecule has 0 saturated carbocycles. The Balaban J connectivity index is 0.00000361. The zero-order chi connectivity index (χ0) is 14.7. The van der Waals surface area contributed by atoms with Crippen LogP contribution in [0.4, 0.5) is 26.3 Å². The van der Waals surface area contributed by atoms with E-state index in [-0.39, 0.29) is 18.0 Å². The molecular formula is C11H12ClF6NO. The van der Waals surface area contributed by atoms with Crippen molar-refractivity contribution >= 4 is 12.4 Å². The quantitative estimate of drug-likeness (QED) is 0.836. The van der Waals surface area contributed by atoms with E-state index in [0.717, 1.165) is 6.07 Å². The molecule has 0 aliphatic heterocycles. The second kappa shape index (κ2) is 7.03. The fourth-order valence-electron chi connectivity index (χ4n) is 1.48. The Bertz CT molecular complexity index is 420. The average molecular weight is 324 g/mol. The molecule has 0 amide bonds. The lowest BCUT2D eigenvalue weighted by Gasteiger charge is -2.18. The number of ether oxygens (including phenoxy) is 1. The van der Waals surface area contributed by atoms with E-state index in [4.69, 9.17) is 5.73 Å². The average Bonchev–Trinajstić information content (AvgIpc) is 2.23. The third kappa shape index (κ3) is 6.85. The van der Waals surface area contributed by atoms with Crippen LogP contribution in [0.5, 0.6) is 5.75 Å². The van der Waals surface area contributed by atoms with Crippen molar-refractivity contribution in [2.75, 3.05) is 0 Å². The van der Waals surface area contributed by atoms with Crippen LogP contribution in [0, 0.1) is 0 Å². The van der Waals surface area contributed by atoms with E-state index in [2.05, 4.69) is 4.74 Å². The van der Waals surface area contributed by atoms with Crippen LogP contribution < -0.4 is 10.5 Å². The molecule has 0 unspecified atom stereocenters. The summed E-state index contributed by atoms with van der Waals surface area (Å²) in [6, 6.07) is 3.70. The molecule has 0 heterocycles. The van der Waals surface area contributed by atoms with Crippen molar-refractivity contribution in [3.63, 3.8) is 0 Å². The van der Waals surface area contributed by atoms with Gasteiger partial charge in [-0.25, -0.2) is 0 Å². The van der Waals surface area contributed by atoms with Crippen LogP contribution in [-0.2, 0) is 0 Å². The first-order chi connectivity index (χ1) is 8.58. The highest BCUT2D eigenvalue weighted by atomic mass is 35.5. The summed E-state index contributed by atoms with van der Waals surface area (Å²) in [5, 5.41) is 0. The van der Waals surface area contributed by atoms with E-state index in [0.29, 0.717) is 0 Å². The Morgan fingerprint density at radius 2 is 1.60 bits per heavy atom. The zero-order valence-electron chi connectivity index (χ0n) is 9.96. The predicted molar refractivity (Wildman–Crippen MR) is 62.6 cm³/mol. The minimum Gasteiger partial charge on any atom is -0.405 e. The number of rotatable bonds is 4. The minimum atomic E-state index is -4.92. The summed E-state index contributed by atoms with van der Waals surface area (Å²) < 4.78 is 76.2. The summed E-state index contributed by atoms with van der Waals surface area (Å²) >= 11 is 0. The molecule has 2 nitrogen and oxygen atoms in total. The first-order valence-corrected chi connectivity index (χ1v) is 5.25. The molecule has 1 rings (SSSR count). The third-order valence-corrected chi connectivity index (χ3v) is 2.28. The maximum atomic E-state index is 12.1. The standard InChI is InChI=1S/C11H11F6NO.ClH/c12-10(13,14)6-5-8(18)7-3-1-2-4-9(7)19-11(15,16)17;/h1-4,8H,5-6,18H2;1H/t8-;/m1./s1. The van der Waals surface area contributed by atoms with Gasteiger partial charge in [-0.2, -0.15) is 13.2 Å². The van der Waals surface area contributed by atoms with E-state index < -0.39 is 37.2 Å². The summed E-state index contributed by atoms with van der Waals surface area (Å²) in [5.41, 5.74) is 5.37. The fourth-order valence-corrected chi connectivity index (χ4v) is 1.48. The molecule has 0 spiro atoms. The van der Waals surface area contributed by atoms with Gasteiger partial charge in [-0.15, -0.1) is 25.6 Å². The Morgan fingerprint density at radius 1 is 1.05 bits per heavy atom. The summed E-state index contributed by atoms with van der Waals surface area (Å²) in [7, 11) is 0. The molecule has 20 heavy (non-hydrogen) atoms. The lowest BCUT2D eigenvalue weighted by molar-refractivity contribution is -0.275. The molecule has 0 aliphatic rings. The molecule has 2 N–H and O–H groups in total. The van der Waals surface area contributed by atoms with Crippen molar-refractivity contribution in [1.82, 2.24) is 0 Å². The monoisotopic (exact) mass is 323 g/mol. The van der Waals surface area contributed by atoms with E-state index in [1.165, 1.54) is 18.2 Å². The summed E-state index contributed by atoms with van der Waals surface area (Å²) in [6.07, 6.45) is -11.0. The molecule has 9 heteroatoms. The molecular weight excluding hydrogens is 312 g/mol. The van der Waals surface area contributed by atoms with Crippen molar-refractivity contribution in [1.29, 1.82) is 0 Å². The van der Waals surface area contributed by atoms with E-state index in [1.807, 2.05) is 0 Å². The number of benzene rings is 1. The Hall–Kier alpha value is -1.15. The van der Waals surface area contributed by atoms with Gasteiger partial charge in [-0.3, -0.25) is 0 Å². The molecule has 1 aromatic carbocycles. The molecule has 0 radical (unpaired) electrons. The van der Waals surface area contributed by atoms with Gasteiger partial charge in [0.1, 0.15) is 5.75 Å². The zero-order valence-corrected chi connectivity index (χ0v) is 10.8. The topological polar surface area (TPSA) is 35.2 Å². The van der Waals surface area contributed by atoms with E-state index >= 15 is 0 Å².